The maximum Gasteiger partial charge on any atom is 0.307 e. The third kappa shape index (κ3) is 2.35. The molecule has 20 heavy (non-hydrogen) atoms. The average Bonchev–Trinajstić information content (AvgIpc) is 3.10. The van der Waals surface area contributed by atoms with Crippen LogP contribution in [-0.4, -0.2) is 34.7 Å². The lowest BCUT2D eigenvalue weighted by Crippen LogP contribution is -2.41. The van der Waals surface area contributed by atoms with Gasteiger partial charge in [0.15, 0.2) is 0 Å². The summed E-state index contributed by atoms with van der Waals surface area (Å²) in [5.41, 5.74) is 0. The number of fused-ring (bicyclic) bond motifs is 2. The number of allylic oxidation sites excluding steroid dienone is 2. The molecule has 6 atom stereocenters. The third-order valence-corrected chi connectivity index (χ3v) is 5.13. The second-order valence-electron chi connectivity index (χ2n) is 6.42. The fourth-order valence-electron chi connectivity index (χ4n) is 4.11. The van der Waals surface area contributed by atoms with Crippen LogP contribution in [0.1, 0.15) is 25.7 Å². The Morgan fingerprint density at radius 2 is 1.80 bits per heavy atom. The summed E-state index contributed by atoms with van der Waals surface area (Å²) in [4.78, 5) is 23.7. The van der Waals surface area contributed by atoms with Crippen LogP contribution < -0.4 is 5.32 Å². The van der Waals surface area contributed by atoms with E-state index in [4.69, 9.17) is 0 Å². The Balaban J connectivity index is 1.59. The molecule has 0 radical (unpaired) electrons. The van der Waals surface area contributed by atoms with Crippen molar-refractivity contribution in [2.45, 2.75) is 31.8 Å². The van der Waals surface area contributed by atoms with Gasteiger partial charge in [-0.15, -0.1) is 0 Å². The van der Waals surface area contributed by atoms with Crippen molar-refractivity contribution in [2.75, 3.05) is 6.54 Å². The van der Waals surface area contributed by atoms with E-state index in [-0.39, 0.29) is 23.8 Å². The molecule has 6 unspecified atom stereocenters. The van der Waals surface area contributed by atoms with Gasteiger partial charge in [-0.1, -0.05) is 12.2 Å². The van der Waals surface area contributed by atoms with Crippen molar-refractivity contribution in [3.05, 3.63) is 12.2 Å². The number of carboxylic acid groups (broad SMARTS) is 1. The van der Waals surface area contributed by atoms with Crippen LogP contribution in [0.3, 0.4) is 0 Å². The molecular formula is C15H21NO4. The van der Waals surface area contributed by atoms with Gasteiger partial charge in [-0.05, 0) is 43.4 Å². The number of hydrogen-bond acceptors (Lipinski definition) is 3. The van der Waals surface area contributed by atoms with Gasteiger partial charge in [-0.3, -0.25) is 9.59 Å². The molecule has 3 rings (SSSR count). The van der Waals surface area contributed by atoms with E-state index in [2.05, 4.69) is 5.32 Å². The Bertz CT molecular complexity index is 447. The first-order valence-corrected chi connectivity index (χ1v) is 7.43. The second-order valence-corrected chi connectivity index (χ2v) is 6.42. The van der Waals surface area contributed by atoms with Crippen molar-refractivity contribution in [2.24, 2.45) is 29.6 Å². The molecule has 0 aromatic carbocycles. The lowest BCUT2D eigenvalue weighted by Gasteiger charge is -2.24. The van der Waals surface area contributed by atoms with Crippen LogP contribution in [0.15, 0.2) is 12.2 Å². The summed E-state index contributed by atoms with van der Waals surface area (Å²) < 4.78 is 0. The Morgan fingerprint density at radius 3 is 2.40 bits per heavy atom. The van der Waals surface area contributed by atoms with E-state index in [1.807, 2.05) is 12.2 Å². The minimum atomic E-state index is -0.863. The number of aliphatic hydroxyl groups excluding tert-OH is 1. The first kappa shape index (κ1) is 13.6. The molecule has 110 valence electrons. The van der Waals surface area contributed by atoms with Crippen LogP contribution in [-0.2, 0) is 9.59 Å². The molecule has 5 heteroatoms. The summed E-state index contributed by atoms with van der Waals surface area (Å²) in [6.45, 7) is 0.555. The number of amides is 1. The summed E-state index contributed by atoms with van der Waals surface area (Å²) in [5.74, 6) is -1.56. The zero-order valence-electron chi connectivity index (χ0n) is 11.4. The van der Waals surface area contributed by atoms with Gasteiger partial charge >= 0.3 is 5.97 Å². The molecule has 2 fully saturated rings. The predicted octanol–water partition coefficient (Wildman–Crippen LogP) is 0.786. The summed E-state index contributed by atoms with van der Waals surface area (Å²) in [7, 11) is 0. The molecule has 0 aromatic heterocycles. The molecule has 2 saturated carbocycles. The molecule has 3 aliphatic rings. The third-order valence-electron chi connectivity index (χ3n) is 5.13. The normalized spacial score (nSPS) is 42.0. The van der Waals surface area contributed by atoms with Crippen LogP contribution in [0, 0.1) is 29.6 Å². The summed E-state index contributed by atoms with van der Waals surface area (Å²) in [6.07, 6.45) is 6.95. The monoisotopic (exact) mass is 279 g/mol. The Morgan fingerprint density at radius 1 is 1.10 bits per heavy atom. The fraction of sp³-hybridized carbons (Fsp3) is 0.733. The van der Waals surface area contributed by atoms with Gasteiger partial charge in [0.05, 0.1) is 17.9 Å². The lowest BCUT2D eigenvalue weighted by molar-refractivity contribution is -0.147. The number of hydrogen-bond donors (Lipinski definition) is 3. The van der Waals surface area contributed by atoms with Crippen LogP contribution in [0.2, 0.25) is 0 Å². The summed E-state index contributed by atoms with van der Waals surface area (Å²) in [6, 6.07) is 0. The smallest absolute Gasteiger partial charge is 0.307 e. The zero-order valence-corrected chi connectivity index (χ0v) is 11.4. The Labute approximate surface area is 118 Å². The number of nitrogens with one attached hydrogen (secondary N) is 1. The van der Waals surface area contributed by atoms with Crippen LogP contribution in [0.25, 0.3) is 0 Å². The van der Waals surface area contributed by atoms with Crippen LogP contribution in [0.4, 0.5) is 0 Å². The minimum absolute atomic E-state index is 0.0153. The van der Waals surface area contributed by atoms with Crippen molar-refractivity contribution < 1.29 is 19.8 Å². The molecule has 3 aliphatic carbocycles. The van der Waals surface area contributed by atoms with E-state index < -0.39 is 17.8 Å². The SMILES string of the molecule is O=C(O)C1C2C=CC(C2)C1C(=O)NCC1CCC(O)C1. The van der Waals surface area contributed by atoms with E-state index >= 15 is 0 Å². The number of carbonyl (C=O) groups is 2. The number of rotatable bonds is 4. The maximum atomic E-state index is 12.3. The highest BCUT2D eigenvalue weighted by atomic mass is 16.4. The van der Waals surface area contributed by atoms with Gasteiger partial charge in [0, 0.05) is 6.54 Å². The number of carboxylic acids is 1. The molecule has 0 spiro atoms. The molecule has 0 aliphatic heterocycles. The quantitative estimate of drug-likeness (QED) is 0.664. The van der Waals surface area contributed by atoms with E-state index in [0.717, 1.165) is 25.7 Å². The number of aliphatic carboxylic acids is 1. The summed E-state index contributed by atoms with van der Waals surface area (Å²) >= 11 is 0. The average molecular weight is 279 g/mol. The van der Waals surface area contributed by atoms with Gasteiger partial charge in [0.25, 0.3) is 0 Å². The highest BCUT2D eigenvalue weighted by Crippen LogP contribution is 2.48. The standard InChI is InChI=1S/C15H21NO4/c17-11-4-1-8(5-11)7-16-14(18)12-9-2-3-10(6-9)13(12)15(19)20/h2-3,8-13,17H,1,4-7H2,(H,16,18)(H,19,20). The second kappa shape index (κ2) is 5.20. The first-order valence-electron chi connectivity index (χ1n) is 7.43. The summed E-state index contributed by atoms with van der Waals surface area (Å²) in [5, 5.41) is 21.7. The predicted molar refractivity (Wildman–Crippen MR) is 71.7 cm³/mol. The lowest BCUT2D eigenvalue weighted by atomic mass is 9.82. The van der Waals surface area contributed by atoms with Crippen molar-refractivity contribution in [1.82, 2.24) is 5.32 Å². The van der Waals surface area contributed by atoms with Crippen molar-refractivity contribution in [3.63, 3.8) is 0 Å². The number of aliphatic hydroxyl groups is 1. The largest absolute Gasteiger partial charge is 0.481 e. The molecule has 2 bridgehead atoms. The highest BCUT2D eigenvalue weighted by molar-refractivity contribution is 5.86. The van der Waals surface area contributed by atoms with Crippen molar-refractivity contribution in [3.8, 4) is 0 Å². The van der Waals surface area contributed by atoms with E-state index in [0.29, 0.717) is 12.5 Å². The molecule has 0 heterocycles. The van der Waals surface area contributed by atoms with E-state index in [1.54, 1.807) is 0 Å². The maximum absolute atomic E-state index is 12.3. The molecule has 0 aromatic rings. The van der Waals surface area contributed by atoms with Crippen molar-refractivity contribution >= 4 is 11.9 Å². The molecular weight excluding hydrogens is 258 g/mol. The molecule has 3 N–H and O–H groups in total. The van der Waals surface area contributed by atoms with Crippen LogP contribution in [0.5, 0.6) is 0 Å². The zero-order chi connectivity index (χ0) is 14.3. The van der Waals surface area contributed by atoms with E-state index in [1.165, 1.54) is 0 Å². The Hall–Kier alpha value is -1.36. The van der Waals surface area contributed by atoms with E-state index in [9.17, 15) is 19.8 Å². The van der Waals surface area contributed by atoms with Crippen molar-refractivity contribution in [1.29, 1.82) is 0 Å². The first-order chi connectivity index (χ1) is 9.56. The fourth-order valence-corrected chi connectivity index (χ4v) is 4.11. The molecule has 5 nitrogen and oxygen atoms in total. The molecule has 1 amide bonds. The van der Waals surface area contributed by atoms with Gasteiger partial charge in [-0.2, -0.15) is 0 Å². The van der Waals surface area contributed by atoms with Gasteiger partial charge in [0.1, 0.15) is 0 Å². The Kier molecular flexibility index (Phi) is 3.54. The molecule has 0 saturated heterocycles. The number of carbonyl (C=O) groups excluding carboxylic acids is 1. The topological polar surface area (TPSA) is 86.6 Å². The minimum Gasteiger partial charge on any atom is -0.481 e. The highest BCUT2D eigenvalue weighted by Gasteiger charge is 2.51. The van der Waals surface area contributed by atoms with Crippen LogP contribution >= 0.6 is 0 Å². The van der Waals surface area contributed by atoms with Gasteiger partial charge in [0.2, 0.25) is 5.91 Å². The van der Waals surface area contributed by atoms with Gasteiger partial charge < -0.3 is 15.5 Å². The van der Waals surface area contributed by atoms with Gasteiger partial charge in [-0.25, -0.2) is 0 Å².